The number of nitrogens with zero attached hydrogens (tertiary/aromatic N) is 5. The molecule has 0 spiro atoms. The van der Waals surface area contributed by atoms with Crippen molar-refractivity contribution in [2.24, 2.45) is 0 Å². The molecule has 2 aromatic rings. The number of piperazine rings is 1. The molecule has 3 rings (SSSR count). The number of rotatable bonds is 3. The van der Waals surface area contributed by atoms with Crippen LogP contribution in [0.15, 0.2) is 42.7 Å². The van der Waals surface area contributed by atoms with Crippen LogP contribution in [-0.4, -0.2) is 60.3 Å². The second-order valence-corrected chi connectivity index (χ2v) is 6.28. The van der Waals surface area contributed by atoms with Crippen LogP contribution in [0, 0.1) is 0 Å². The summed E-state index contributed by atoms with van der Waals surface area (Å²) < 4.78 is 0. The van der Waals surface area contributed by atoms with Crippen molar-refractivity contribution in [1.82, 2.24) is 14.9 Å². The molecule has 0 saturated carbocycles. The van der Waals surface area contributed by atoms with E-state index in [0.29, 0.717) is 0 Å². The van der Waals surface area contributed by atoms with Gasteiger partial charge in [0.15, 0.2) is 5.11 Å². The van der Waals surface area contributed by atoms with Crippen LogP contribution < -0.4 is 15.1 Å². The quantitative estimate of drug-likeness (QED) is 0.857. The first-order chi connectivity index (χ1) is 11.6. The molecule has 1 aliphatic rings. The Balaban J connectivity index is 1.53. The van der Waals surface area contributed by atoms with Gasteiger partial charge in [-0.1, -0.05) is 0 Å². The minimum Gasteiger partial charge on any atom is -0.378 e. The largest absolute Gasteiger partial charge is 0.378 e. The molecular formula is C17H22N6S. The molecule has 0 amide bonds. The van der Waals surface area contributed by atoms with Gasteiger partial charge in [0, 0.05) is 64.0 Å². The van der Waals surface area contributed by atoms with E-state index in [1.54, 1.807) is 12.4 Å². The Hall–Kier alpha value is -2.41. The molecule has 0 unspecified atom stereocenters. The topological polar surface area (TPSA) is 47.5 Å². The minimum atomic E-state index is 0.765. The van der Waals surface area contributed by atoms with Gasteiger partial charge < -0.3 is 20.0 Å². The second-order valence-electron chi connectivity index (χ2n) is 5.89. The van der Waals surface area contributed by atoms with E-state index in [2.05, 4.69) is 54.2 Å². The van der Waals surface area contributed by atoms with E-state index < -0.39 is 0 Å². The fraction of sp³-hybridized carbons (Fsp3) is 0.353. The maximum absolute atomic E-state index is 5.55. The number of hydrogen-bond acceptors (Lipinski definition) is 5. The summed E-state index contributed by atoms with van der Waals surface area (Å²) in [7, 11) is 4.06. The first-order valence-electron chi connectivity index (χ1n) is 7.99. The monoisotopic (exact) mass is 342 g/mol. The lowest BCUT2D eigenvalue weighted by Crippen LogP contribution is -2.50. The molecular weight excluding hydrogens is 320 g/mol. The average Bonchev–Trinajstić information content (AvgIpc) is 2.63. The van der Waals surface area contributed by atoms with Gasteiger partial charge in [0.1, 0.15) is 0 Å². The van der Waals surface area contributed by atoms with Gasteiger partial charge in [-0.3, -0.25) is 0 Å². The van der Waals surface area contributed by atoms with Gasteiger partial charge in [0.05, 0.1) is 0 Å². The maximum atomic E-state index is 5.55. The van der Waals surface area contributed by atoms with E-state index in [4.69, 9.17) is 12.2 Å². The van der Waals surface area contributed by atoms with Crippen molar-refractivity contribution in [3.05, 3.63) is 42.7 Å². The lowest BCUT2D eigenvalue weighted by atomic mass is 10.2. The molecule has 0 atom stereocenters. The Morgan fingerprint density at radius 1 is 1.04 bits per heavy atom. The van der Waals surface area contributed by atoms with Crippen molar-refractivity contribution in [3.63, 3.8) is 0 Å². The number of nitrogens with one attached hydrogen (secondary N) is 1. The number of aromatic nitrogens is 2. The number of benzene rings is 1. The van der Waals surface area contributed by atoms with E-state index in [0.717, 1.165) is 42.9 Å². The summed E-state index contributed by atoms with van der Waals surface area (Å²) in [5.74, 6) is 0.787. The first-order valence-corrected chi connectivity index (χ1v) is 8.39. The molecule has 24 heavy (non-hydrogen) atoms. The zero-order chi connectivity index (χ0) is 16.9. The van der Waals surface area contributed by atoms with Crippen molar-refractivity contribution in [3.8, 4) is 0 Å². The van der Waals surface area contributed by atoms with Gasteiger partial charge in [-0.05, 0) is 42.5 Å². The Morgan fingerprint density at radius 3 is 2.25 bits per heavy atom. The SMILES string of the molecule is CN(C)c1ccc(NC(=S)N2CCN(c3ncccn3)CC2)cc1. The summed E-state index contributed by atoms with van der Waals surface area (Å²) in [6, 6.07) is 10.1. The number of anilines is 3. The maximum Gasteiger partial charge on any atom is 0.225 e. The Morgan fingerprint density at radius 2 is 1.67 bits per heavy atom. The van der Waals surface area contributed by atoms with Gasteiger partial charge in [0.2, 0.25) is 5.95 Å². The summed E-state index contributed by atoms with van der Waals surface area (Å²) in [6.07, 6.45) is 3.55. The summed E-state index contributed by atoms with van der Waals surface area (Å²) in [4.78, 5) is 15.1. The van der Waals surface area contributed by atoms with Crippen LogP contribution in [0.25, 0.3) is 0 Å². The molecule has 7 heteroatoms. The van der Waals surface area contributed by atoms with Gasteiger partial charge in [-0.2, -0.15) is 0 Å². The van der Waals surface area contributed by atoms with Crippen molar-refractivity contribution >= 4 is 34.7 Å². The average molecular weight is 342 g/mol. The third-order valence-corrected chi connectivity index (χ3v) is 4.40. The highest BCUT2D eigenvalue weighted by atomic mass is 32.1. The molecule has 2 heterocycles. The molecule has 1 aromatic heterocycles. The van der Waals surface area contributed by atoms with E-state index >= 15 is 0 Å². The predicted octanol–water partition coefficient (Wildman–Crippen LogP) is 2.06. The highest BCUT2D eigenvalue weighted by Gasteiger charge is 2.20. The van der Waals surface area contributed by atoms with Gasteiger partial charge in [-0.15, -0.1) is 0 Å². The van der Waals surface area contributed by atoms with Crippen LogP contribution in [0.1, 0.15) is 0 Å². The second kappa shape index (κ2) is 7.44. The molecule has 0 bridgehead atoms. The highest BCUT2D eigenvalue weighted by molar-refractivity contribution is 7.80. The summed E-state index contributed by atoms with van der Waals surface area (Å²) in [5, 5.41) is 4.09. The van der Waals surface area contributed by atoms with Crippen molar-refractivity contribution in [2.45, 2.75) is 0 Å². The molecule has 0 radical (unpaired) electrons. The predicted molar refractivity (Wildman–Crippen MR) is 103 cm³/mol. The third-order valence-electron chi connectivity index (χ3n) is 4.04. The van der Waals surface area contributed by atoms with Crippen molar-refractivity contribution in [2.75, 3.05) is 55.4 Å². The van der Waals surface area contributed by atoms with Crippen LogP contribution >= 0.6 is 12.2 Å². The van der Waals surface area contributed by atoms with Crippen LogP contribution in [0.2, 0.25) is 0 Å². The van der Waals surface area contributed by atoms with Crippen molar-refractivity contribution < 1.29 is 0 Å². The summed E-state index contributed by atoms with van der Waals surface area (Å²) >= 11 is 5.55. The fourth-order valence-electron chi connectivity index (χ4n) is 2.61. The lowest BCUT2D eigenvalue weighted by Gasteiger charge is -2.36. The molecule has 1 fully saturated rings. The Bertz CT molecular complexity index is 665. The zero-order valence-electron chi connectivity index (χ0n) is 14.0. The van der Waals surface area contributed by atoms with Crippen LogP contribution in [-0.2, 0) is 0 Å². The molecule has 6 nitrogen and oxygen atoms in total. The number of hydrogen-bond donors (Lipinski definition) is 1. The van der Waals surface area contributed by atoms with Crippen LogP contribution in [0.5, 0.6) is 0 Å². The molecule has 1 aromatic carbocycles. The Kier molecular flexibility index (Phi) is 5.10. The molecule has 1 N–H and O–H groups in total. The van der Waals surface area contributed by atoms with Crippen LogP contribution in [0.3, 0.4) is 0 Å². The molecule has 1 saturated heterocycles. The van der Waals surface area contributed by atoms with Crippen molar-refractivity contribution in [1.29, 1.82) is 0 Å². The van der Waals surface area contributed by atoms with E-state index in [1.807, 2.05) is 20.2 Å². The van der Waals surface area contributed by atoms with E-state index in [9.17, 15) is 0 Å². The van der Waals surface area contributed by atoms with Gasteiger partial charge in [-0.25, -0.2) is 9.97 Å². The third kappa shape index (κ3) is 3.91. The van der Waals surface area contributed by atoms with E-state index in [1.165, 1.54) is 5.69 Å². The molecule has 1 aliphatic heterocycles. The summed E-state index contributed by atoms with van der Waals surface area (Å²) in [6.45, 7) is 3.45. The minimum absolute atomic E-state index is 0.765. The number of thiocarbonyl (C=S) groups is 1. The first kappa shape index (κ1) is 16.4. The van der Waals surface area contributed by atoms with Gasteiger partial charge in [0.25, 0.3) is 0 Å². The summed E-state index contributed by atoms with van der Waals surface area (Å²) in [5.41, 5.74) is 2.18. The Labute approximate surface area is 148 Å². The smallest absolute Gasteiger partial charge is 0.225 e. The van der Waals surface area contributed by atoms with Gasteiger partial charge >= 0.3 is 0 Å². The lowest BCUT2D eigenvalue weighted by molar-refractivity contribution is 0.388. The zero-order valence-corrected chi connectivity index (χ0v) is 14.8. The van der Waals surface area contributed by atoms with Crippen LogP contribution in [0.4, 0.5) is 17.3 Å². The van der Waals surface area contributed by atoms with E-state index in [-0.39, 0.29) is 0 Å². The standard InChI is InChI=1S/C17H22N6S/c1-21(2)15-6-4-14(5-7-15)20-17(24)23-12-10-22(11-13-23)16-18-8-3-9-19-16/h3-9H,10-13H2,1-2H3,(H,20,24). The molecule has 126 valence electrons. The normalized spacial score (nSPS) is 14.4. The fourth-order valence-corrected chi connectivity index (χ4v) is 2.91. The molecule has 0 aliphatic carbocycles. The highest BCUT2D eigenvalue weighted by Crippen LogP contribution is 2.17.